The third-order valence-corrected chi connectivity index (χ3v) is 4.96. The summed E-state index contributed by atoms with van der Waals surface area (Å²) in [5.41, 5.74) is 8.82. The molecule has 0 aromatic heterocycles. The number of amides is 2. The molecule has 6 N–H and O–H groups in total. The number of benzene rings is 2. The first-order valence-corrected chi connectivity index (χ1v) is 9.97. The Labute approximate surface area is 188 Å². The Morgan fingerprint density at radius 3 is 2.42 bits per heavy atom. The van der Waals surface area contributed by atoms with Gasteiger partial charge in [-0.25, -0.2) is 4.39 Å². The summed E-state index contributed by atoms with van der Waals surface area (Å²) in [5.74, 6) is -2.20. The lowest BCUT2D eigenvalue weighted by molar-refractivity contribution is -0.138. The van der Waals surface area contributed by atoms with Crippen LogP contribution < -0.4 is 16.9 Å². The number of primary amides is 1. The van der Waals surface area contributed by atoms with Gasteiger partial charge in [-0.2, -0.15) is 13.2 Å². The minimum Gasteiger partial charge on any atom is -0.423 e. The van der Waals surface area contributed by atoms with Crippen molar-refractivity contribution in [2.45, 2.75) is 38.0 Å². The molecule has 0 fully saturated rings. The Morgan fingerprint density at radius 2 is 1.85 bits per heavy atom. The molecular weight excluding hydrogens is 445 g/mol. The Hall–Kier alpha value is -2.96. The van der Waals surface area contributed by atoms with Crippen molar-refractivity contribution < 1.29 is 37.2 Å². The van der Waals surface area contributed by atoms with Crippen LogP contribution in [0.2, 0.25) is 0 Å². The minimum absolute atomic E-state index is 0.00772. The molecule has 12 heteroatoms. The molecule has 7 nitrogen and oxygen atoms in total. The van der Waals surface area contributed by atoms with Gasteiger partial charge in [0.1, 0.15) is 5.82 Å². The van der Waals surface area contributed by atoms with E-state index in [-0.39, 0.29) is 29.6 Å². The lowest BCUT2D eigenvalue weighted by Gasteiger charge is -2.25. The first-order valence-electron chi connectivity index (χ1n) is 9.97. The van der Waals surface area contributed by atoms with Gasteiger partial charge in [-0.15, -0.1) is 0 Å². The van der Waals surface area contributed by atoms with Crippen LogP contribution in [0.5, 0.6) is 0 Å². The van der Waals surface area contributed by atoms with Gasteiger partial charge >= 0.3 is 13.3 Å². The zero-order chi connectivity index (χ0) is 24.8. The smallest absolute Gasteiger partial charge is 0.423 e. The van der Waals surface area contributed by atoms with E-state index in [2.05, 4.69) is 6.07 Å². The second kappa shape index (κ2) is 11.3. The summed E-state index contributed by atoms with van der Waals surface area (Å²) in [5, 5.41) is 18.4. The minimum atomic E-state index is -4.82. The molecule has 0 saturated carbocycles. The SMILES string of the molecule is NC(=O)[C@@H](N)CCCCN(Cc1ccc(B(O)O)cc1C(F)(F)F)C(=O)c1cc[c]c(F)c1. The molecule has 0 aliphatic heterocycles. The number of carbonyl (C=O) groups is 2. The van der Waals surface area contributed by atoms with Crippen LogP contribution in [0.1, 0.15) is 40.7 Å². The molecule has 1 atom stereocenters. The van der Waals surface area contributed by atoms with Gasteiger partial charge in [0.25, 0.3) is 5.91 Å². The quantitative estimate of drug-likeness (QED) is 0.235. The van der Waals surface area contributed by atoms with Crippen molar-refractivity contribution in [1.82, 2.24) is 4.90 Å². The van der Waals surface area contributed by atoms with Gasteiger partial charge in [-0.05, 0) is 48.5 Å². The molecule has 0 saturated heterocycles. The normalized spacial score (nSPS) is 12.3. The molecule has 2 amide bonds. The molecule has 0 unspecified atom stereocenters. The molecule has 0 aliphatic carbocycles. The predicted molar refractivity (Wildman–Crippen MR) is 112 cm³/mol. The van der Waals surface area contributed by atoms with Crippen LogP contribution in [-0.2, 0) is 17.5 Å². The van der Waals surface area contributed by atoms with Crippen molar-refractivity contribution in [3.63, 3.8) is 0 Å². The number of hydrogen-bond acceptors (Lipinski definition) is 5. The molecule has 33 heavy (non-hydrogen) atoms. The van der Waals surface area contributed by atoms with Crippen LogP contribution in [0.3, 0.4) is 0 Å². The van der Waals surface area contributed by atoms with Gasteiger partial charge in [-0.1, -0.05) is 18.2 Å². The molecule has 0 aliphatic rings. The van der Waals surface area contributed by atoms with Crippen LogP contribution in [-0.4, -0.2) is 46.5 Å². The fourth-order valence-electron chi connectivity index (χ4n) is 3.18. The van der Waals surface area contributed by atoms with Crippen molar-refractivity contribution in [3.8, 4) is 0 Å². The van der Waals surface area contributed by atoms with E-state index in [1.165, 1.54) is 12.1 Å². The maximum absolute atomic E-state index is 13.6. The van der Waals surface area contributed by atoms with E-state index >= 15 is 0 Å². The van der Waals surface area contributed by atoms with Gasteiger partial charge in [0.2, 0.25) is 5.91 Å². The number of nitrogens with zero attached hydrogens (tertiary/aromatic N) is 1. The van der Waals surface area contributed by atoms with Crippen LogP contribution in [0.4, 0.5) is 17.6 Å². The van der Waals surface area contributed by atoms with E-state index < -0.39 is 49.1 Å². The van der Waals surface area contributed by atoms with E-state index in [4.69, 9.17) is 11.5 Å². The highest BCUT2D eigenvalue weighted by Gasteiger charge is 2.35. The van der Waals surface area contributed by atoms with Gasteiger partial charge in [0.05, 0.1) is 11.6 Å². The van der Waals surface area contributed by atoms with Crippen LogP contribution in [0, 0.1) is 11.9 Å². The zero-order valence-electron chi connectivity index (χ0n) is 17.5. The molecule has 0 bridgehead atoms. The summed E-state index contributed by atoms with van der Waals surface area (Å²) in [6.07, 6.45) is -3.93. The molecule has 2 aromatic carbocycles. The molecular formula is C21H23BF4N3O4. The molecule has 2 aromatic rings. The van der Waals surface area contributed by atoms with Gasteiger partial charge < -0.3 is 26.4 Å². The van der Waals surface area contributed by atoms with Gasteiger partial charge in [-0.3, -0.25) is 9.59 Å². The maximum Gasteiger partial charge on any atom is 0.488 e. The summed E-state index contributed by atoms with van der Waals surface area (Å²) in [4.78, 5) is 25.1. The van der Waals surface area contributed by atoms with Gasteiger partial charge in [0.15, 0.2) is 0 Å². The summed E-state index contributed by atoms with van der Waals surface area (Å²) in [6, 6.07) is 7.53. The average Bonchev–Trinajstić information content (AvgIpc) is 2.74. The summed E-state index contributed by atoms with van der Waals surface area (Å²) >= 11 is 0. The number of alkyl halides is 3. The second-order valence-corrected chi connectivity index (χ2v) is 7.44. The number of hydrogen-bond donors (Lipinski definition) is 4. The van der Waals surface area contributed by atoms with Crippen molar-refractivity contribution >= 4 is 24.4 Å². The second-order valence-electron chi connectivity index (χ2n) is 7.44. The molecule has 177 valence electrons. The van der Waals surface area contributed by atoms with Crippen LogP contribution in [0.15, 0.2) is 36.4 Å². The molecule has 0 spiro atoms. The van der Waals surface area contributed by atoms with Crippen molar-refractivity contribution in [2.75, 3.05) is 6.54 Å². The highest BCUT2D eigenvalue weighted by Crippen LogP contribution is 2.32. The highest BCUT2D eigenvalue weighted by molar-refractivity contribution is 6.58. The summed E-state index contributed by atoms with van der Waals surface area (Å²) < 4.78 is 54.4. The van der Waals surface area contributed by atoms with E-state index in [0.29, 0.717) is 18.9 Å². The Morgan fingerprint density at radius 1 is 1.15 bits per heavy atom. The predicted octanol–water partition coefficient (Wildman–Crippen LogP) is 0.950. The molecule has 0 heterocycles. The topological polar surface area (TPSA) is 130 Å². The number of unbranched alkanes of at least 4 members (excludes halogenated alkanes) is 1. The van der Waals surface area contributed by atoms with E-state index in [1.54, 1.807) is 0 Å². The van der Waals surface area contributed by atoms with E-state index in [1.807, 2.05) is 0 Å². The van der Waals surface area contributed by atoms with Crippen LogP contribution in [0.25, 0.3) is 0 Å². The van der Waals surface area contributed by atoms with E-state index in [9.17, 15) is 37.2 Å². The zero-order valence-corrected chi connectivity index (χ0v) is 17.5. The number of rotatable bonds is 10. The average molecular weight is 468 g/mol. The number of halogens is 4. The fraction of sp³-hybridized carbons (Fsp3) is 0.333. The first kappa shape index (κ1) is 26.3. The monoisotopic (exact) mass is 468 g/mol. The Kier molecular flexibility index (Phi) is 8.97. The lowest BCUT2D eigenvalue weighted by atomic mass is 9.78. The third kappa shape index (κ3) is 7.55. The summed E-state index contributed by atoms with van der Waals surface area (Å²) in [7, 11) is -2.10. The largest absolute Gasteiger partial charge is 0.488 e. The van der Waals surface area contributed by atoms with Crippen molar-refractivity contribution in [2.24, 2.45) is 11.5 Å². The van der Waals surface area contributed by atoms with E-state index in [0.717, 1.165) is 23.1 Å². The maximum atomic E-state index is 13.6. The first-order chi connectivity index (χ1) is 15.4. The lowest BCUT2D eigenvalue weighted by Crippen LogP contribution is -2.37. The van der Waals surface area contributed by atoms with Crippen molar-refractivity contribution in [3.05, 3.63) is 65.0 Å². The summed E-state index contributed by atoms with van der Waals surface area (Å²) in [6.45, 7) is -0.482. The van der Waals surface area contributed by atoms with Crippen molar-refractivity contribution in [1.29, 1.82) is 0 Å². The number of nitrogens with two attached hydrogens (primary N) is 2. The standard InChI is InChI=1S/C21H23BF4N3O4/c23-16-5-3-4-13(10-16)20(31)29(9-2-1-6-18(27)19(28)30)12-14-7-8-15(22(32)33)11-17(14)21(24,25)26/h3-4,7-8,10-11,18,32-33H,1-2,6,9,12,27H2,(H2,28,30)/t18-/m0/s1. The molecule has 2 rings (SSSR count). The highest BCUT2D eigenvalue weighted by atomic mass is 19.4. The Balaban J connectivity index is 2.31. The third-order valence-electron chi connectivity index (χ3n) is 4.96. The molecule has 1 radical (unpaired) electrons. The number of carbonyl (C=O) groups excluding carboxylic acids is 2. The Bertz CT molecular complexity index is 988. The van der Waals surface area contributed by atoms with Crippen LogP contribution >= 0.6 is 0 Å². The van der Waals surface area contributed by atoms with Gasteiger partial charge in [0, 0.05) is 24.7 Å². The fourth-order valence-corrected chi connectivity index (χ4v) is 3.18.